The Balaban J connectivity index is 1.40. The molecule has 0 N–H and O–H groups in total. The number of rotatable bonds is 4. The van der Waals surface area contributed by atoms with Crippen LogP contribution in [-0.4, -0.2) is 54.2 Å². The minimum atomic E-state index is 0.295. The maximum Gasteiger partial charge on any atom is 0.107 e. The summed E-state index contributed by atoms with van der Waals surface area (Å²) >= 11 is 3.55. The van der Waals surface area contributed by atoms with Crippen molar-refractivity contribution in [2.45, 2.75) is 19.5 Å². The topological polar surface area (TPSA) is 28.6 Å². The zero-order valence-electron chi connectivity index (χ0n) is 13.3. The van der Waals surface area contributed by atoms with Gasteiger partial charge in [0.15, 0.2) is 0 Å². The molecule has 4 heterocycles. The first kappa shape index (κ1) is 15.7. The van der Waals surface area contributed by atoms with Crippen LogP contribution in [0.2, 0.25) is 0 Å². The van der Waals surface area contributed by atoms with Crippen molar-refractivity contribution < 1.29 is 4.74 Å². The van der Waals surface area contributed by atoms with E-state index in [1.54, 1.807) is 22.7 Å². The summed E-state index contributed by atoms with van der Waals surface area (Å²) in [5.41, 5.74) is 1.73. The molecule has 1 spiro atoms. The van der Waals surface area contributed by atoms with Crippen LogP contribution in [0.15, 0.2) is 28.4 Å². The highest BCUT2D eigenvalue weighted by molar-refractivity contribution is 7.09. The van der Waals surface area contributed by atoms with Crippen molar-refractivity contribution in [2.75, 3.05) is 39.4 Å². The van der Waals surface area contributed by atoms with Gasteiger partial charge in [-0.2, -0.15) is 11.3 Å². The summed E-state index contributed by atoms with van der Waals surface area (Å²) in [7, 11) is 0. The lowest BCUT2D eigenvalue weighted by atomic mass is 9.87. The van der Waals surface area contributed by atoms with E-state index in [0.717, 1.165) is 52.5 Å². The molecule has 0 amide bonds. The molecule has 0 unspecified atom stereocenters. The zero-order valence-corrected chi connectivity index (χ0v) is 15.0. The summed E-state index contributed by atoms with van der Waals surface area (Å²) in [4.78, 5) is 9.57. The molecule has 124 valence electrons. The molecule has 2 aliphatic heterocycles. The fourth-order valence-electron chi connectivity index (χ4n) is 3.79. The first-order chi connectivity index (χ1) is 11.3. The lowest BCUT2D eigenvalue weighted by Crippen LogP contribution is -2.40. The quantitative estimate of drug-likeness (QED) is 0.849. The third-order valence-electron chi connectivity index (χ3n) is 4.87. The average molecular weight is 350 g/mol. The first-order valence-electron chi connectivity index (χ1n) is 8.23. The summed E-state index contributed by atoms with van der Waals surface area (Å²) in [6, 6.07) is 2.24. The normalized spacial score (nSPS) is 26.8. The van der Waals surface area contributed by atoms with E-state index in [-0.39, 0.29) is 0 Å². The van der Waals surface area contributed by atoms with E-state index in [9.17, 15) is 0 Å². The van der Waals surface area contributed by atoms with Crippen molar-refractivity contribution in [1.82, 2.24) is 14.8 Å². The summed E-state index contributed by atoms with van der Waals surface area (Å²) in [5, 5.41) is 7.73. The molecule has 4 nitrogen and oxygen atoms in total. The summed E-state index contributed by atoms with van der Waals surface area (Å²) in [5.74, 6) is 0. The molecular formula is C17H23N3OS2. The molecule has 2 fully saturated rings. The maximum absolute atomic E-state index is 5.99. The molecule has 23 heavy (non-hydrogen) atoms. The van der Waals surface area contributed by atoms with Crippen LogP contribution in [-0.2, 0) is 17.8 Å². The molecule has 2 aliphatic rings. The van der Waals surface area contributed by atoms with Gasteiger partial charge in [0, 0.05) is 43.2 Å². The van der Waals surface area contributed by atoms with Gasteiger partial charge >= 0.3 is 0 Å². The number of thiophene rings is 1. The van der Waals surface area contributed by atoms with Crippen LogP contribution in [0.1, 0.15) is 17.0 Å². The molecular weight excluding hydrogens is 326 g/mol. The highest BCUT2D eigenvalue weighted by Gasteiger charge is 2.41. The second-order valence-electron chi connectivity index (χ2n) is 6.78. The smallest absolute Gasteiger partial charge is 0.107 e. The molecule has 0 radical (unpaired) electrons. The van der Waals surface area contributed by atoms with Gasteiger partial charge in [-0.05, 0) is 35.4 Å². The van der Waals surface area contributed by atoms with E-state index in [0.29, 0.717) is 5.41 Å². The van der Waals surface area contributed by atoms with Gasteiger partial charge in [-0.25, -0.2) is 4.98 Å². The lowest BCUT2D eigenvalue weighted by Gasteiger charge is -2.31. The van der Waals surface area contributed by atoms with Gasteiger partial charge in [0.05, 0.1) is 19.8 Å². The fraction of sp³-hybridized carbons (Fsp3) is 0.588. The highest BCUT2D eigenvalue weighted by Crippen LogP contribution is 2.34. The monoisotopic (exact) mass is 349 g/mol. The van der Waals surface area contributed by atoms with Crippen molar-refractivity contribution in [3.8, 4) is 0 Å². The van der Waals surface area contributed by atoms with Crippen LogP contribution in [0.4, 0.5) is 0 Å². The summed E-state index contributed by atoms with van der Waals surface area (Å²) in [6.07, 6.45) is 3.14. The Morgan fingerprint density at radius 2 is 2.09 bits per heavy atom. The van der Waals surface area contributed by atoms with Crippen LogP contribution in [0.3, 0.4) is 0 Å². The second kappa shape index (κ2) is 6.99. The van der Waals surface area contributed by atoms with E-state index in [2.05, 4.69) is 37.0 Å². The third-order valence-corrected chi connectivity index (χ3v) is 6.36. The molecule has 0 aromatic carbocycles. The Hall–Kier alpha value is -0.790. The molecule has 2 saturated heterocycles. The average Bonchev–Trinajstić information content (AvgIpc) is 3.25. The van der Waals surface area contributed by atoms with Gasteiger partial charge in [0.1, 0.15) is 5.01 Å². The number of thiazole rings is 1. The Kier molecular flexibility index (Phi) is 4.78. The Morgan fingerprint density at radius 1 is 1.17 bits per heavy atom. The molecule has 0 aliphatic carbocycles. The van der Waals surface area contributed by atoms with Gasteiger partial charge in [0.2, 0.25) is 0 Å². The molecule has 6 heteroatoms. The second-order valence-corrected chi connectivity index (χ2v) is 8.54. The van der Waals surface area contributed by atoms with E-state index < -0.39 is 0 Å². The van der Waals surface area contributed by atoms with Gasteiger partial charge in [-0.15, -0.1) is 11.3 Å². The lowest BCUT2D eigenvalue weighted by molar-refractivity contribution is 0.0706. The predicted molar refractivity (Wildman–Crippen MR) is 94.9 cm³/mol. The largest absolute Gasteiger partial charge is 0.379 e. The van der Waals surface area contributed by atoms with Crippen LogP contribution >= 0.6 is 22.7 Å². The summed E-state index contributed by atoms with van der Waals surface area (Å²) in [6.45, 7) is 8.30. The fourth-order valence-corrected chi connectivity index (χ4v) is 5.11. The predicted octanol–water partition coefficient (Wildman–Crippen LogP) is 2.93. The minimum Gasteiger partial charge on any atom is -0.379 e. The third kappa shape index (κ3) is 3.83. The molecule has 0 bridgehead atoms. The van der Waals surface area contributed by atoms with E-state index in [1.807, 2.05) is 6.20 Å². The molecule has 4 rings (SSSR count). The van der Waals surface area contributed by atoms with Crippen LogP contribution in [0, 0.1) is 5.41 Å². The summed E-state index contributed by atoms with van der Waals surface area (Å²) < 4.78 is 5.99. The first-order valence-corrected chi connectivity index (χ1v) is 10.1. The Bertz CT molecular complexity index is 601. The van der Waals surface area contributed by atoms with Crippen LogP contribution in [0.25, 0.3) is 0 Å². The van der Waals surface area contributed by atoms with Crippen LogP contribution < -0.4 is 0 Å². The standard InChI is InChI=1S/C17H23N3OS2/c1-7-22-11-15(1)9-20-5-6-21-14-17(13-20)2-4-19(12-17)10-16-18-3-8-23-16/h1,3,7-8,11H,2,4-6,9-10,12-14H2/t17-/m0/s1. The highest BCUT2D eigenvalue weighted by atomic mass is 32.1. The number of hydrogen-bond donors (Lipinski definition) is 0. The maximum atomic E-state index is 5.99. The SMILES string of the molecule is c1csc(CN2CC[C@]3(COCCN(Cc4ccsc4)C3)C2)n1. The van der Waals surface area contributed by atoms with E-state index in [1.165, 1.54) is 17.0 Å². The van der Waals surface area contributed by atoms with Gasteiger partial charge < -0.3 is 4.74 Å². The van der Waals surface area contributed by atoms with Crippen molar-refractivity contribution >= 4 is 22.7 Å². The molecule has 0 saturated carbocycles. The minimum absolute atomic E-state index is 0.295. The van der Waals surface area contributed by atoms with Crippen molar-refractivity contribution in [3.05, 3.63) is 39.0 Å². The molecule has 2 aromatic heterocycles. The van der Waals surface area contributed by atoms with Crippen LogP contribution in [0.5, 0.6) is 0 Å². The van der Waals surface area contributed by atoms with Gasteiger partial charge in [-0.1, -0.05) is 0 Å². The van der Waals surface area contributed by atoms with Crippen molar-refractivity contribution in [3.63, 3.8) is 0 Å². The number of likely N-dealkylation sites (tertiary alicyclic amines) is 1. The number of ether oxygens (including phenoxy) is 1. The van der Waals surface area contributed by atoms with Gasteiger partial charge in [-0.3, -0.25) is 9.80 Å². The van der Waals surface area contributed by atoms with Crippen molar-refractivity contribution in [1.29, 1.82) is 0 Å². The Morgan fingerprint density at radius 3 is 2.87 bits per heavy atom. The Labute approximate surface area is 145 Å². The number of hydrogen-bond acceptors (Lipinski definition) is 6. The molecule has 1 atom stereocenters. The zero-order chi connectivity index (χ0) is 15.5. The van der Waals surface area contributed by atoms with E-state index >= 15 is 0 Å². The van der Waals surface area contributed by atoms with Gasteiger partial charge in [0.25, 0.3) is 0 Å². The number of nitrogens with zero attached hydrogens (tertiary/aromatic N) is 3. The van der Waals surface area contributed by atoms with Crippen molar-refractivity contribution in [2.24, 2.45) is 5.41 Å². The van der Waals surface area contributed by atoms with E-state index in [4.69, 9.17) is 4.74 Å². The number of aromatic nitrogens is 1. The molecule has 2 aromatic rings.